The first-order valence-corrected chi connectivity index (χ1v) is 11.1. The van der Waals surface area contributed by atoms with Crippen LogP contribution in [-0.2, 0) is 19.1 Å². The van der Waals surface area contributed by atoms with Crippen LogP contribution < -0.4 is 11.5 Å². The molecule has 0 bridgehead atoms. The molecule has 4 atom stereocenters. The van der Waals surface area contributed by atoms with Gasteiger partial charge in [0.1, 0.15) is 17.2 Å². The molecular weight excluding hydrogens is 438 g/mol. The number of rotatable bonds is 6. The number of hydrogen-bond acceptors (Lipinski definition) is 6. The maximum atomic E-state index is 13.7. The average Bonchev–Trinajstić information content (AvgIpc) is 3.04. The van der Waals surface area contributed by atoms with Crippen molar-refractivity contribution in [2.75, 3.05) is 6.54 Å². The molecule has 4 N–H and O–H groups in total. The van der Waals surface area contributed by atoms with Crippen molar-refractivity contribution in [3.8, 4) is 6.07 Å². The van der Waals surface area contributed by atoms with Crippen LogP contribution in [0.25, 0.3) is 0 Å². The van der Waals surface area contributed by atoms with Crippen LogP contribution in [0.3, 0.4) is 0 Å². The highest BCUT2D eigenvalue weighted by Crippen LogP contribution is 2.58. The van der Waals surface area contributed by atoms with Gasteiger partial charge in [0.05, 0.1) is 24.1 Å². The lowest BCUT2D eigenvalue weighted by Crippen LogP contribution is -2.76. The normalized spacial score (nSPS) is 27.1. The van der Waals surface area contributed by atoms with Crippen LogP contribution in [0.2, 0.25) is 0 Å². The number of amides is 4. The largest absolute Gasteiger partial charge is 0.444 e. The van der Waals surface area contributed by atoms with E-state index in [9.17, 15) is 24.4 Å². The summed E-state index contributed by atoms with van der Waals surface area (Å²) in [7, 11) is 0. The first-order valence-electron chi connectivity index (χ1n) is 11.1. The second-order valence-corrected chi connectivity index (χ2v) is 10.3. The van der Waals surface area contributed by atoms with Gasteiger partial charge in [-0.3, -0.25) is 19.3 Å². The zero-order valence-corrected chi connectivity index (χ0v) is 19.9. The van der Waals surface area contributed by atoms with Crippen LogP contribution in [0.1, 0.15) is 58.6 Å². The number of hydrogen-bond donors (Lipinski definition) is 2. The molecule has 4 amide bonds. The zero-order valence-electron chi connectivity index (χ0n) is 19.9. The molecule has 2 saturated heterocycles. The first-order chi connectivity index (χ1) is 15.8. The molecule has 3 unspecified atom stereocenters. The number of nitriles is 1. The van der Waals surface area contributed by atoms with Gasteiger partial charge in [0.25, 0.3) is 5.91 Å². The monoisotopic (exact) mass is 469 g/mol. The van der Waals surface area contributed by atoms with Gasteiger partial charge in [0.2, 0.25) is 11.8 Å². The summed E-state index contributed by atoms with van der Waals surface area (Å²) in [6.45, 7) is 6.85. The molecule has 0 radical (unpaired) electrons. The number of carbonyl (C=O) groups excluding carboxylic acids is 4. The van der Waals surface area contributed by atoms with Crippen molar-refractivity contribution in [3.05, 3.63) is 35.9 Å². The summed E-state index contributed by atoms with van der Waals surface area (Å²) in [5, 5.41) is 10.2. The molecule has 34 heavy (non-hydrogen) atoms. The lowest BCUT2D eigenvalue weighted by Gasteiger charge is -2.53. The van der Waals surface area contributed by atoms with E-state index in [1.165, 1.54) is 9.80 Å². The highest BCUT2D eigenvalue weighted by atomic mass is 16.6. The number of β-lactam (4-membered cyclic amide) rings is 1. The molecule has 10 nitrogen and oxygen atoms in total. The minimum Gasteiger partial charge on any atom is -0.444 e. The summed E-state index contributed by atoms with van der Waals surface area (Å²) in [6, 6.07) is 9.54. The molecule has 10 heteroatoms. The minimum atomic E-state index is -1.38. The SMILES string of the molecule is CC(C)(C)OC(=O)N1C(c2ccccc2)C(C)(C#N)CC12CN([C@@H](CCC(N)=O)C(N)=O)C2=O. The van der Waals surface area contributed by atoms with Gasteiger partial charge in [-0.25, -0.2) is 4.79 Å². The maximum absolute atomic E-state index is 13.7. The molecular formula is C24H31N5O5. The van der Waals surface area contributed by atoms with Crippen molar-refractivity contribution < 1.29 is 23.9 Å². The predicted octanol–water partition coefficient (Wildman–Crippen LogP) is 1.60. The van der Waals surface area contributed by atoms with Crippen LogP contribution in [0, 0.1) is 16.7 Å². The van der Waals surface area contributed by atoms with Gasteiger partial charge in [-0.15, -0.1) is 0 Å². The summed E-state index contributed by atoms with van der Waals surface area (Å²) in [5.74, 6) is -1.90. The van der Waals surface area contributed by atoms with Crippen molar-refractivity contribution in [1.82, 2.24) is 9.80 Å². The van der Waals surface area contributed by atoms with Crippen molar-refractivity contribution in [2.45, 2.75) is 70.2 Å². The highest BCUT2D eigenvalue weighted by Gasteiger charge is 2.71. The van der Waals surface area contributed by atoms with Gasteiger partial charge >= 0.3 is 6.09 Å². The molecule has 3 rings (SSSR count). The molecule has 2 aliphatic heterocycles. The van der Waals surface area contributed by atoms with Gasteiger partial charge < -0.3 is 21.1 Å². The van der Waals surface area contributed by atoms with Crippen molar-refractivity contribution >= 4 is 23.8 Å². The van der Waals surface area contributed by atoms with E-state index in [1.54, 1.807) is 52.0 Å². The number of primary amides is 2. The molecule has 2 fully saturated rings. The lowest BCUT2D eigenvalue weighted by atomic mass is 9.74. The Hall–Kier alpha value is -3.61. The van der Waals surface area contributed by atoms with Crippen LogP contribution in [0.15, 0.2) is 30.3 Å². The Labute approximate surface area is 198 Å². The van der Waals surface area contributed by atoms with Gasteiger partial charge in [0.15, 0.2) is 0 Å². The quantitative estimate of drug-likeness (QED) is 0.602. The van der Waals surface area contributed by atoms with E-state index in [0.717, 1.165) is 0 Å². The van der Waals surface area contributed by atoms with E-state index in [2.05, 4.69) is 6.07 Å². The Bertz CT molecular complexity index is 1050. The Balaban J connectivity index is 2.06. The number of nitrogens with zero attached hydrogens (tertiary/aromatic N) is 3. The summed E-state index contributed by atoms with van der Waals surface area (Å²) < 4.78 is 5.67. The van der Waals surface area contributed by atoms with E-state index in [0.29, 0.717) is 5.56 Å². The Kier molecular flexibility index (Phi) is 6.35. The number of ether oxygens (including phenoxy) is 1. The molecule has 1 aromatic carbocycles. The standard InChI is InChI=1S/C24H31N5O5/c1-22(2,3)34-21(33)29-18(15-8-6-5-7-9-15)23(4,13-25)12-24(29)14-28(20(24)32)16(19(27)31)10-11-17(26)30/h5-9,16,18H,10-12,14H2,1-4H3,(H2,26,30)(H2,27,31)/t16-,18?,23?,24?/m0/s1. The molecule has 0 aliphatic carbocycles. The third kappa shape index (κ3) is 4.30. The van der Waals surface area contributed by atoms with Crippen LogP contribution in [0.4, 0.5) is 4.79 Å². The van der Waals surface area contributed by atoms with E-state index in [1.807, 2.05) is 6.07 Å². The zero-order chi connectivity index (χ0) is 25.5. The molecule has 182 valence electrons. The van der Waals surface area contributed by atoms with Gasteiger partial charge in [-0.2, -0.15) is 5.26 Å². The second kappa shape index (κ2) is 8.63. The number of carbonyl (C=O) groups is 4. The van der Waals surface area contributed by atoms with E-state index < -0.39 is 52.5 Å². The molecule has 0 aromatic heterocycles. The van der Waals surface area contributed by atoms with Crippen LogP contribution >= 0.6 is 0 Å². The number of benzene rings is 1. The van der Waals surface area contributed by atoms with Gasteiger partial charge in [-0.1, -0.05) is 30.3 Å². The highest BCUT2D eigenvalue weighted by molar-refractivity contribution is 6.00. The van der Waals surface area contributed by atoms with Crippen LogP contribution in [0.5, 0.6) is 0 Å². The molecule has 0 saturated carbocycles. The van der Waals surface area contributed by atoms with Crippen LogP contribution in [-0.4, -0.2) is 57.3 Å². The van der Waals surface area contributed by atoms with Crippen molar-refractivity contribution in [3.63, 3.8) is 0 Å². The van der Waals surface area contributed by atoms with E-state index in [-0.39, 0.29) is 25.8 Å². The maximum Gasteiger partial charge on any atom is 0.411 e. The fourth-order valence-corrected chi connectivity index (χ4v) is 5.06. The first kappa shape index (κ1) is 25.0. The minimum absolute atomic E-state index is 0.0158. The molecule has 2 heterocycles. The fraction of sp³-hybridized carbons (Fsp3) is 0.542. The van der Waals surface area contributed by atoms with Gasteiger partial charge in [-0.05, 0) is 39.7 Å². The number of nitrogens with two attached hydrogens (primary N) is 2. The fourth-order valence-electron chi connectivity index (χ4n) is 5.06. The van der Waals surface area contributed by atoms with E-state index >= 15 is 0 Å². The van der Waals surface area contributed by atoms with Crippen molar-refractivity contribution in [1.29, 1.82) is 5.26 Å². The Morgan fingerprint density at radius 1 is 1.24 bits per heavy atom. The molecule has 1 aromatic rings. The summed E-state index contributed by atoms with van der Waals surface area (Å²) in [4.78, 5) is 53.1. The summed E-state index contributed by atoms with van der Waals surface area (Å²) in [6.07, 6.45) is -0.799. The Morgan fingerprint density at radius 2 is 1.85 bits per heavy atom. The lowest BCUT2D eigenvalue weighted by molar-refractivity contribution is -0.169. The third-order valence-corrected chi connectivity index (χ3v) is 6.40. The Morgan fingerprint density at radius 3 is 2.32 bits per heavy atom. The van der Waals surface area contributed by atoms with Crippen molar-refractivity contribution in [2.24, 2.45) is 16.9 Å². The third-order valence-electron chi connectivity index (χ3n) is 6.40. The predicted molar refractivity (Wildman–Crippen MR) is 121 cm³/mol. The van der Waals surface area contributed by atoms with E-state index in [4.69, 9.17) is 16.2 Å². The molecule has 2 aliphatic rings. The van der Waals surface area contributed by atoms with Gasteiger partial charge in [0, 0.05) is 12.8 Å². The average molecular weight is 470 g/mol. The summed E-state index contributed by atoms with van der Waals surface area (Å²) >= 11 is 0. The number of likely N-dealkylation sites (tertiary alicyclic amines) is 2. The topological polar surface area (TPSA) is 160 Å². The molecule has 1 spiro atoms. The summed E-state index contributed by atoms with van der Waals surface area (Å²) in [5.41, 5.74) is 8.10. The second-order valence-electron chi connectivity index (χ2n) is 10.3. The smallest absolute Gasteiger partial charge is 0.411 e.